The fourth-order valence-corrected chi connectivity index (χ4v) is 2.88. The SMILES string of the molecule is Cl.NCC1CCCCN1C(=O)c1cc(Cl)cc(Cl)c1. The van der Waals surface area contributed by atoms with Gasteiger partial charge in [-0.25, -0.2) is 0 Å². The van der Waals surface area contributed by atoms with Gasteiger partial charge in [0, 0.05) is 34.7 Å². The number of nitrogens with zero attached hydrogens (tertiary/aromatic N) is 1. The molecule has 1 aromatic carbocycles. The van der Waals surface area contributed by atoms with Gasteiger partial charge in [-0.05, 0) is 37.5 Å². The van der Waals surface area contributed by atoms with Gasteiger partial charge in [0.05, 0.1) is 0 Å². The van der Waals surface area contributed by atoms with Crippen molar-refractivity contribution in [2.24, 2.45) is 5.73 Å². The normalized spacial score (nSPS) is 18.9. The average Bonchev–Trinajstić information content (AvgIpc) is 2.36. The summed E-state index contributed by atoms with van der Waals surface area (Å²) in [5.74, 6) is -0.0328. The minimum Gasteiger partial charge on any atom is -0.334 e. The van der Waals surface area contributed by atoms with Gasteiger partial charge in [0.25, 0.3) is 5.91 Å². The van der Waals surface area contributed by atoms with Crippen molar-refractivity contribution in [2.45, 2.75) is 25.3 Å². The Kier molecular flexibility index (Phi) is 6.40. The lowest BCUT2D eigenvalue weighted by molar-refractivity contribution is 0.0623. The van der Waals surface area contributed by atoms with Gasteiger partial charge in [0.1, 0.15) is 0 Å². The third-order valence-corrected chi connectivity index (χ3v) is 3.71. The molecular weight excluding hydrogens is 307 g/mol. The van der Waals surface area contributed by atoms with E-state index in [4.69, 9.17) is 28.9 Å². The van der Waals surface area contributed by atoms with Gasteiger partial charge < -0.3 is 10.6 Å². The molecule has 1 aliphatic heterocycles. The van der Waals surface area contributed by atoms with Crippen LogP contribution in [-0.4, -0.2) is 29.9 Å². The lowest BCUT2D eigenvalue weighted by Gasteiger charge is -2.35. The fourth-order valence-electron chi connectivity index (χ4n) is 2.36. The van der Waals surface area contributed by atoms with Gasteiger partial charge in [-0.3, -0.25) is 4.79 Å². The highest BCUT2D eigenvalue weighted by atomic mass is 35.5. The summed E-state index contributed by atoms with van der Waals surface area (Å²) >= 11 is 11.8. The minimum absolute atomic E-state index is 0. The minimum atomic E-state index is -0.0328. The van der Waals surface area contributed by atoms with Gasteiger partial charge >= 0.3 is 0 Å². The summed E-state index contributed by atoms with van der Waals surface area (Å²) in [7, 11) is 0. The van der Waals surface area contributed by atoms with Crippen molar-refractivity contribution in [2.75, 3.05) is 13.1 Å². The lowest BCUT2D eigenvalue weighted by Crippen LogP contribution is -2.47. The summed E-state index contributed by atoms with van der Waals surface area (Å²) in [6, 6.07) is 5.05. The molecule has 2 rings (SSSR count). The van der Waals surface area contributed by atoms with Crippen LogP contribution in [0.1, 0.15) is 29.6 Å². The van der Waals surface area contributed by atoms with E-state index >= 15 is 0 Å². The van der Waals surface area contributed by atoms with E-state index in [1.165, 1.54) is 0 Å². The van der Waals surface area contributed by atoms with Crippen molar-refractivity contribution in [3.05, 3.63) is 33.8 Å². The number of piperidine rings is 1. The third-order valence-electron chi connectivity index (χ3n) is 3.27. The Morgan fingerprint density at radius 2 is 1.89 bits per heavy atom. The maximum atomic E-state index is 12.4. The molecule has 1 unspecified atom stereocenters. The molecule has 106 valence electrons. The first-order valence-electron chi connectivity index (χ1n) is 6.09. The van der Waals surface area contributed by atoms with E-state index in [1.807, 2.05) is 4.90 Å². The Balaban J connectivity index is 0.00000180. The first-order chi connectivity index (χ1) is 8.61. The Bertz CT molecular complexity index is 433. The highest BCUT2D eigenvalue weighted by Crippen LogP contribution is 2.23. The smallest absolute Gasteiger partial charge is 0.254 e. The molecule has 1 aliphatic rings. The van der Waals surface area contributed by atoms with Gasteiger partial charge in [0.2, 0.25) is 0 Å². The first kappa shape index (κ1) is 16.6. The summed E-state index contributed by atoms with van der Waals surface area (Å²) in [6.07, 6.45) is 3.12. The highest BCUT2D eigenvalue weighted by Gasteiger charge is 2.26. The van der Waals surface area contributed by atoms with Crippen LogP contribution in [0.4, 0.5) is 0 Å². The zero-order chi connectivity index (χ0) is 13.1. The van der Waals surface area contributed by atoms with Crippen LogP contribution in [0.15, 0.2) is 18.2 Å². The second-order valence-electron chi connectivity index (χ2n) is 4.54. The Hall–Kier alpha value is -0.480. The number of nitrogens with two attached hydrogens (primary N) is 1. The number of rotatable bonds is 2. The van der Waals surface area contributed by atoms with Gasteiger partial charge in [0.15, 0.2) is 0 Å². The van der Waals surface area contributed by atoms with E-state index < -0.39 is 0 Å². The summed E-state index contributed by atoms with van der Waals surface area (Å²) < 4.78 is 0. The molecule has 0 radical (unpaired) electrons. The van der Waals surface area contributed by atoms with E-state index in [-0.39, 0.29) is 24.4 Å². The van der Waals surface area contributed by atoms with Crippen LogP contribution >= 0.6 is 35.6 Å². The number of halogens is 3. The van der Waals surface area contributed by atoms with Gasteiger partial charge in [-0.2, -0.15) is 0 Å². The number of carbonyl (C=O) groups is 1. The standard InChI is InChI=1S/C13H16Cl2N2O.ClH/c14-10-5-9(6-11(15)7-10)13(18)17-4-2-1-3-12(17)8-16;/h5-7,12H,1-4,8,16H2;1H. The van der Waals surface area contributed by atoms with E-state index in [0.29, 0.717) is 22.2 Å². The van der Waals surface area contributed by atoms with E-state index in [2.05, 4.69) is 0 Å². The average molecular weight is 324 g/mol. The Morgan fingerprint density at radius 1 is 1.26 bits per heavy atom. The maximum absolute atomic E-state index is 12.4. The molecule has 3 nitrogen and oxygen atoms in total. The molecule has 0 spiro atoms. The van der Waals surface area contributed by atoms with E-state index in [1.54, 1.807) is 18.2 Å². The molecule has 1 aromatic rings. The number of hydrogen-bond donors (Lipinski definition) is 1. The molecule has 1 fully saturated rings. The second kappa shape index (κ2) is 7.34. The molecule has 1 amide bonds. The molecule has 2 N–H and O–H groups in total. The zero-order valence-electron chi connectivity index (χ0n) is 10.4. The fraction of sp³-hybridized carbons (Fsp3) is 0.462. The van der Waals surface area contributed by atoms with Crippen LogP contribution in [-0.2, 0) is 0 Å². The van der Waals surface area contributed by atoms with Crippen LogP contribution in [0.2, 0.25) is 10.0 Å². The van der Waals surface area contributed by atoms with Crippen molar-refractivity contribution < 1.29 is 4.79 Å². The largest absolute Gasteiger partial charge is 0.334 e. The quantitative estimate of drug-likeness (QED) is 0.907. The lowest BCUT2D eigenvalue weighted by atomic mass is 10.0. The van der Waals surface area contributed by atoms with Crippen molar-refractivity contribution >= 4 is 41.5 Å². The maximum Gasteiger partial charge on any atom is 0.254 e. The van der Waals surface area contributed by atoms with Crippen molar-refractivity contribution in [3.8, 4) is 0 Å². The predicted octanol–water partition coefficient (Wildman–Crippen LogP) is 3.37. The van der Waals surface area contributed by atoms with E-state index in [9.17, 15) is 4.79 Å². The highest BCUT2D eigenvalue weighted by molar-refractivity contribution is 6.35. The molecule has 0 bridgehead atoms. The molecule has 0 aromatic heterocycles. The molecule has 19 heavy (non-hydrogen) atoms. The van der Waals surface area contributed by atoms with Crippen molar-refractivity contribution in [3.63, 3.8) is 0 Å². The number of carbonyl (C=O) groups excluding carboxylic acids is 1. The van der Waals surface area contributed by atoms with Crippen LogP contribution in [0.25, 0.3) is 0 Å². The molecule has 0 saturated carbocycles. The van der Waals surface area contributed by atoms with Crippen molar-refractivity contribution in [1.82, 2.24) is 4.90 Å². The summed E-state index contributed by atoms with van der Waals surface area (Å²) in [5.41, 5.74) is 6.26. The summed E-state index contributed by atoms with van der Waals surface area (Å²) in [6.45, 7) is 1.25. The number of hydrogen-bond acceptors (Lipinski definition) is 2. The summed E-state index contributed by atoms with van der Waals surface area (Å²) in [5, 5.41) is 0.958. The van der Waals surface area contributed by atoms with Crippen LogP contribution in [0.3, 0.4) is 0 Å². The molecule has 0 aliphatic carbocycles. The third kappa shape index (κ3) is 3.99. The predicted molar refractivity (Wildman–Crippen MR) is 81.4 cm³/mol. The van der Waals surface area contributed by atoms with E-state index in [0.717, 1.165) is 25.8 Å². The van der Waals surface area contributed by atoms with Gasteiger partial charge in [-0.1, -0.05) is 23.2 Å². The summed E-state index contributed by atoms with van der Waals surface area (Å²) in [4.78, 5) is 14.3. The second-order valence-corrected chi connectivity index (χ2v) is 5.41. The number of likely N-dealkylation sites (tertiary alicyclic amines) is 1. The van der Waals surface area contributed by atoms with Crippen LogP contribution < -0.4 is 5.73 Å². The molecule has 1 heterocycles. The molecule has 6 heteroatoms. The molecule has 1 saturated heterocycles. The van der Waals surface area contributed by atoms with Gasteiger partial charge in [-0.15, -0.1) is 12.4 Å². The first-order valence-corrected chi connectivity index (χ1v) is 6.84. The monoisotopic (exact) mass is 322 g/mol. The Labute approximate surface area is 129 Å². The van der Waals surface area contributed by atoms with Crippen molar-refractivity contribution in [1.29, 1.82) is 0 Å². The van der Waals surface area contributed by atoms with Crippen LogP contribution in [0, 0.1) is 0 Å². The Morgan fingerprint density at radius 3 is 2.47 bits per heavy atom. The molecule has 1 atom stereocenters. The zero-order valence-corrected chi connectivity index (χ0v) is 12.8. The molecular formula is C13H17Cl3N2O. The number of benzene rings is 1. The topological polar surface area (TPSA) is 46.3 Å². The number of amides is 1. The van der Waals surface area contributed by atoms with Crippen LogP contribution in [0.5, 0.6) is 0 Å².